The average molecular weight is 479 g/mol. The highest BCUT2D eigenvalue weighted by atomic mass is 127. The van der Waals surface area contributed by atoms with Crippen LogP contribution in [0.1, 0.15) is 11.1 Å². The smallest absolute Gasteiger partial charge is 0.191 e. The Balaban J connectivity index is 0.00000364. The number of terminal acetylenes is 1. The molecule has 2 aromatic rings. The molecule has 0 unspecified atom stereocenters. The number of ether oxygens (including phenoxy) is 2. The number of nitrogens with zero attached hydrogens (tertiary/aromatic N) is 1. The molecule has 6 heteroatoms. The van der Waals surface area contributed by atoms with Gasteiger partial charge in [-0.25, -0.2) is 0 Å². The fraction of sp³-hybridized carbons (Fsp3) is 0.286. The zero-order valence-corrected chi connectivity index (χ0v) is 18.0. The Hall–Kier alpha value is -2.40. The van der Waals surface area contributed by atoms with Crippen LogP contribution < -0.4 is 20.1 Å². The SMILES string of the molecule is C#CCOc1ccc(CCNC(=NC)NCc2cccc(OC)c2)cc1.I. The highest BCUT2D eigenvalue weighted by Gasteiger charge is 2.01. The molecule has 27 heavy (non-hydrogen) atoms. The molecule has 0 heterocycles. The van der Waals surface area contributed by atoms with Crippen molar-refractivity contribution in [1.29, 1.82) is 0 Å². The highest BCUT2D eigenvalue weighted by molar-refractivity contribution is 14.0. The monoisotopic (exact) mass is 479 g/mol. The van der Waals surface area contributed by atoms with Gasteiger partial charge in [-0.1, -0.05) is 30.2 Å². The molecule has 2 rings (SSSR count). The van der Waals surface area contributed by atoms with Gasteiger partial charge in [0, 0.05) is 20.1 Å². The Labute approximate surface area is 178 Å². The zero-order chi connectivity index (χ0) is 18.6. The molecule has 144 valence electrons. The molecule has 2 aromatic carbocycles. The third-order valence-corrected chi connectivity index (χ3v) is 3.77. The fourth-order valence-electron chi connectivity index (χ4n) is 2.39. The topological polar surface area (TPSA) is 54.9 Å². The van der Waals surface area contributed by atoms with E-state index in [9.17, 15) is 0 Å². The minimum Gasteiger partial charge on any atom is -0.497 e. The van der Waals surface area contributed by atoms with E-state index < -0.39 is 0 Å². The molecular weight excluding hydrogens is 453 g/mol. The third-order valence-electron chi connectivity index (χ3n) is 3.77. The second-order valence-corrected chi connectivity index (χ2v) is 5.59. The Bertz CT molecular complexity index is 755. The summed E-state index contributed by atoms with van der Waals surface area (Å²) in [6, 6.07) is 15.9. The molecule has 0 amide bonds. The summed E-state index contributed by atoms with van der Waals surface area (Å²) in [6.45, 7) is 1.75. The number of hydrogen-bond donors (Lipinski definition) is 2. The maximum absolute atomic E-state index is 5.37. The molecule has 0 atom stereocenters. The molecule has 0 saturated carbocycles. The fourth-order valence-corrected chi connectivity index (χ4v) is 2.39. The number of guanidine groups is 1. The number of rotatable bonds is 8. The summed E-state index contributed by atoms with van der Waals surface area (Å²) >= 11 is 0. The van der Waals surface area contributed by atoms with Crippen molar-refractivity contribution >= 4 is 29.9 Å². The van der Waals surface area contributed by atoms with Gasteiger partial charge in [0.25, 0.3) is 0 Å². The van der Waals surface area contributed by atoms with Crippen molar-refractivity contribution in [2.24, 2.45) is 4.99 Å². The van der Waals surface area contributed by atoms with Gasteiger partial charge in [0.05, 0.1) is 7.11 Å². The highest BCUT2D eigenvalue weighted by Crippen LogP contribution is 2.13. The Kier molecular flexibility index (Phi) is 10.8. The van der Waals surface area contributed by atoms with Crippen LogP contribution in [-0.2, 0) is 13.0 Å². The molecule has 0 radical (unpaired) electrons. The van der Waals surface area contributed by atoms with Crippen LogP contribution in [0.15, 0.2) is 53.5 Å². The van der Waals surface area contributed by atoms with Crippen LogP contribution in [0, 0.1) is 12.3 Å². The van der Waals surface area contributed by atoms with Crippen molar-refractivity contribution in [2.75, 3.05) is 27.3 Å². The summed E-state index contributed by atoms with van der Waals surface area (Å²) in [5.41, 5.74) is 2.35. The van der Waals surface area contributed by atoms with Crippen LogP contribution in [0.3, 0.4) is 0 Å². The van der Waals surface area contributed by atoms with Gasteiger partial charge in [0.2, 0.25) is 0 Å². The van der Waals surface area contributed by atoms with E-state index in [-0.39, 0.29) is 30.6 Å². The lowest BCUT2D eigenvalue weighted by Crippen LogP contribution is -2.37. The van der Waals surface area contributed by atoms with E-state index in [1.807, 2.05) is 48.5 Å². The Morgan fingerprint density at radius 2 is 1.85 bits per heavy atom. The van der Waals surface area contributed by atoms with Crippen molar-refractivity contribution in [3.63, 3.8) is 0 Å². The summed E-state index contributed by atoms with van der Waals surface area (Å²) in [6.07, 6.45) is 6.07. The average Bonchev–Trinajstić information content (AvgIpc) is 2.70. The van der Waals surface area contributed by atoms with Gasteiger partial charge in [-0.15, -0.1) is 30.4 Å². The number of aliphatic imine (C=N–C) groups is 1. The van der Waals surface area contributed by atoms with Crippen molar-refractivity contribution in [1.82, 2.24) is 10.6 Å². The van der Waals surface area contributed by atoms with E-state index in [0.29, 0.717) is 6.54 Å². The second kappa shape index (κ2) is 12.9. The van der Waals surface area contributed by atoms with Gasteiger partial charge in [0.1, 0.15) is 18.1 Å². The first kappa shape index (κ1) is 22.6. The molecule has 0 saturated heterocycles. The molecular formula is C21H26IN3O2. The van der Waals surface area contributed by atoms with Gasteiger partial charge in [-0.3, -0.25) is 4.99 Å². The molecule has 2 N–H and O–H groups in total. The molecule has 0 aromatic heterocycles. The first-order chi connectivity index (χ1) is 12.7. The van der Waals surface area contributed by atoms with Crippen LogP contribution in [-0.4, -0.2) is 33.3 Å². The molecule has 0 bridgehead atoms. The van der Waals surface area contributed by atoms with Crippen molar-refractivity contribution in [3.05, 3.63) is 59.7 Å². The quantitative estimate of drug-likeness (QED) is 0.264. The first-order valence-corrected chi connectivity index (χ1v) is 8.48. The lowest BCUT2D eigenvalue weighted by atomic mass is 10.1. The number of methoxy groups -OCH3 is 1. The molecule has 0 aliphatic heterocycles. The van der Waals surface area contributed by atoms with Gasteiger partial charge < -0.3 is 20.1 Å². The van der Waals surface area contributed by atoms with E-state index in [1.54, 1.807) is 14.2 Å². The first-order valence-electron chi connectivity index (χ1n) is 8.48. The van der Waals surface area contributed by atoms with Gasteiger partial charge in [-0.05, 0) is 41.8 Å². The lowest BCUT2D eigenvalue weighted by molar-refractivity contribution is 0.370. The van der Waals surface area contributed by atoms with E-state index in [0.717, 1.165) is 36.0 Å². The van der Waals surface area contributed by atoms with Crippen LogP contribution in [0.4, 0.5) is 0 Å². The third kappa shape index (κ3) is 8.22. The number of nitrogens with one attached hydrogen (secondary N) is 2. The molecule has 0 aliphatic rings. The van der Waals surface area contributed by atoms with E-state index in [4.69, 9.17) is 15.9 Å². The molecule has 0 aliphatic carbocycles. The normalized spacial score (nSPS) is 10.3. The number of benzene rings is 2. The van der Waals surface area contributed by atoms with Gasteiger partial charge in [-0.2, -0.15) is 0 Å². The van der Waals surface area contributed by atoms with Gasteiger partial charge in [0.15, 0.2) is 5.96 Å². The summed E-state index contributed by atoms with van der Waals surface area (Å²) in [4.78, 5) is 4.25. The summed E-state index contributed by atoms with van der Waals surface area (Å²) in [5.74, 6) is 4.86. The van der Waals surface area contributed by atoms with Crippen molar-refractivity contribution < 1.29 is 9.47 Å². The largest absolute Gasteiger partial charge is 0.497 e. The van der Waals surface area contributed by atoms with E-state index in [2.05, 4.69) is 21.5 Å². The summed E-state index contributed by atoms with van der Waals surface area (Å²) in [7, 11) is 3.43. The molecule has 0 spiro atoms. The van der Waals surface area contributed by atoms with Gasteiger partial charge >= 0.3 is 0 Å². The van der Waals surface area contributed by atoms with E-state index in [1.165, 1.54) is 5.56 Å². The minimum atomic E-state index is 0. The lowest BCUT2D eigenvalue weighted by Gasteiger charge is -2.12. The summed E-state index contributed by atoms with van der Waals surface area (Å²) < 4.78 is 10.6. The second-order valence-electron chi connectivity index (χ2n) is 5.59. The zero-order valence-electron chi connectivity index (χ0n) is 15.7. The van der Waals surface area contributed by atoms with Crippen LogP contribution in [0.2, 0.25) is 0 Å². The predicted octanol–water partition coefficient (Wildman–Crippen LogP) is 3.23. The summed E-state index contributed by atoms with van der Waals surface area (Å²) in [5, 5.41) is 6.62. The Morgan fingerprint density at radius 1 is 1.07 bits per heavy atom. The van der Waals surface area contributed by atoms with E-state index >= 15 is 0 Å². The molecule has 5 nitrogen and oxygen atoms in total. The Morgan fingerprint density at radius 3 is 2.52 bits per heavy atom. The standard InChI is InChI=1S/C21H25N3O2.HI/c1-4-14-26-19-10-8-17(9-11-19)12-13-23-21(22-2)24-16-18-6-5-7-20(15-18)25-3;/h1,5-11,15H,12-14,16H2,2-3H3,(H2,22,23,24);1H. The number of halogens is 1. The van der Waals surface area contributed by atoms with Crippen LogP contribution in [0.25, 0.3) is 0 Å². The minimum absolute atomic E-state index is 0. The maximum Gasteiger partial charge on any atom is 0.191 e. The van der Waals surface area contributed by atoms with Crippen molar-refractivity contribution in [2.45, 2.75) is 13.0 Å². The maximum atomic E-state index is 5.37. The van der Waals surface area contributed by atoms with Crippen molar-refractivity contribution in [3.8, 4) is 23.8 Å². The van der Waals surface area contributed by atoms with Crippen LogP contribution >= 0.6 is 24.0 Å². The predicted molar refractivity (Wildman–Crippen MR) is 121 cm³/mol. The molecule has 0 fully saturated rings. The number of hydrogen-bond acceptors (Lipinski definition) is 3. The van der Waals surface area contributed by atoms with Crippen LogP contribution in [0.5, 0.6) is 11.5 Å².